The molecule has 0 aliphatic carbocycles. The molecule has 0 saturated carbocycles. The fourth-order valence-corrected chi connectivity index (χ4v) is 2.47. The standard InChI is InChI=1S/C16H24N2O2.ClH/c19-16(13-20-12-15-5-2-1-3-6-15)18-10-8-14-7-4-9-17-11-14;/h1-3,5-6,14,17H,4,7-13H2,(H,18,19);1H. The summed E-state index contributed by atoms with van der Waals surface area (Å²) in [5.74, 6) is 0.680. The van der Waals surface area contributed by atoms with Gasteiger partial charge in [-0.05, 0) is 43.8 Å². The summed E-state index contributed by atoms with van der Waals surface area (Å²) in [5, 5.41) is 6.31. The summed E-state index contributed by atoms with van der Waals surface area (Å²) in [6.07, 6.45) is 3.57. The molecule has 1 heterocycles. The van der Waals surface area contributed by atoms with E-state index in [1.807, 2.05) is 30.3 Å². The molecule has 118 valence electrons. The molecular formula is C16H25ClN2O2. The molecule has 1 aliphatic rings. The lowest BCUT2D eigenvalue weighted by molar-refractivity contribution is -0.126. The Labute approximate surface area is 133 Å². The van der Waals surface area contributed by atoms with E-state index in [4.69, 9.17) is 4.74 Å². The van der Waals surface area contributed by atoms with Crippen LogP contribution in [0.15, 0.2) is 30.3 Å². The number of ether oxygens (including phenoxy) is 1. The Balaban J connectivity index is 0.00000220. The molecule has 0 aromatic heterocycles. The minimum absolute atomic E-state index is 0. The predicted molar refractivity (Wildman–Crippen MR) is 86.6 cm³/mol. The highest BCUT2D eigenvalue weighted by Crippen LogP contribution is 2.12. The lowest BCUT2D eigenvalue weighted by Crippen LogP contribution is -2.34. The molecule has 0 spiro atoms. The Bertz CT molecular complexity index is 395. The minimum Gasteiger partial charge on any atom is -0.367 e. The first-order valence-corrected chi connectivity index (χ1v) is 7.43. The summed E-state index contributed by atoms with van der Waals surface area (Å²) in [6, 6.07) is 9.90. The smallest absolute Gasteiger partial charge is 0.246 e. The summed E-state index contributed by atoms with van der Waals surface area (Å²) in [7, 11) is 0. The normalized spacial score (nSPS) is 17.8. The van der Waals surface area contributed by atoms with Gasteiger partial charge in [-0.1, -0.05) is 30.3 Å². The second kappa shape index (κ2) is 10.6. The van der Waals surface area contributed by atoms with E-state index in [0.29, 0.717) is 12.5 Å². The molecule has 21 heavy (non-hydrogen) atoms. The van der Waals surface area contributed by atoms with Gasteiger partial charge in [0.2, 0.25) is 5.91 Å². The molecule has 2 N–H and O–H groups in total. The van der Waals surface area contributed by atoms with Crippen molar-refractivity contribution in [2.45, 2.75) is 25.9 Å². The third-order valence-electron chi connectivity index (χ3n) is 3.62. The molecule has 1 aliphatic heterocycles. The van der Waals surface area contributed by atoms with Crippen LogP contribution in [-0.4, -0.2) is 32.1 Å². The molecular weight excluding hydrogens is 288 g/mol. The first kappa shape index (κ1) is 18.0. The van der Waals surface area contributed by atoms with E-state index in [1.165, 1.54) is 12.8 Å². The third-order valence-corrected chi connectivity index (χ3v) is 3.62. The fraction of sp³-hybridized carbons (Fsp3) is 0.562. The molecule has 1 aromatic carbocycles. The number of rotatable bonds is 7. The van der Waals surface area contributed by atoms with Crippen LogP contribution in [0.4, 0.5) is 0 Å². The summed E-state index contributed by atoms with van der Waals surface area (Å²) in [6.45, 7) is 3.59. The van der Waals surface area contributed by atoms with Crippen molar-refractivity contribution in [1.29, 1.82) is 0 Å². The topological polar surface area (TPSA) is 50.4 Å². The zero-order valence-electron chi connectivity index (χ0n) is 12.3. The van der Waals surface area contributed by atoms with Crippen molar-refractivity contribution < 1.29 is 9.53 Å². The van der Waals surface area contributed by atoms with E-state index in [2.05, 4.69) is 10.6 Å². The van der Waals surface area contributed by atoms with Gasteiger partial charge in [0, 0.05) is 6.54 Å². The lowest BCUT2D eigenvalue weighted by Gasteiger charge is -2.22. The molecule has 1 atom stereocenters. The Morgan fingerprint density at radius 3 is 2.86 bits per heavy atom. The van der Waals surface area contributed by atoms with Crippen LogP contribution in [0.1, 0.15) is 24.8 Å². The maximum atomic E-state index is 11.6. The maximum absolute atomic E-state index is 11.6. The van der Waals surface area contributed by atoms with Crippen LogP contribution in [-0.2, 0) is 16.1 Å². The first-order chi connectivity index (χ1) is 9.84. The van der Waals surface area contributed by atoms with E-state index >= 15 is 0 Å². The monoisotopic (exact) mass is 312 g/mol. The third kappa shape index (κ3) is 7.46. The van der Waals surface area contributed by atoms with Gasteiger partial charge in [-0.15, -0.1) is 12.4 Å². The summed E-state index contributed by atoms with van der Waals surface area (Å²) < 4.78 is 5.40. The van der Waals surface area contributed by atoms with Crippen molar-refractivity contribution in [3.63, 3.8) is 0 Å². The molecule has 1 saturated heterocycles. The Morgan fingerprint density at radius 1 is 1.33 bits per heavy atom. The number of carbonyl (C=O) groups is 1. The number of amides is 1. The number of nitrogens with one attached hydrogen (secondary N) is 2. The van der Waals surface area contributed by atoms with Gasteiger partial charge >= 0.3 is 0 Å². The fourth-order valence-electron chi connectivity index (χ4n) is 2.47. The Hall–Kier alpha value is -1.10. The average molecular weight is 313 g/mol. The zero-order chi connectivity index (χ0) is 14.0. The van der Waals surface area contributed by atoms with Gasteiger partial charge in [0.05, 0.1) is 6.61 Å². The maximum Gasteiger partial charge on any atom is 0.246 e. The van der Waals surface area contributed by atoms with E-state index in [-0.39, 0.29) is 24.9 Å². The van der Waals surface area contributed by atoms with Crippen LogP contribution in [0.2, 0.25) is 0 Å². The van der Waals surface area contributed by atoms with Crippen molar-refractivity contribution in [3.8, 4) is 0 Å². The molecule has 1 fully saturated rings. The van der Waals surface area contributed by atoms with Gasteiger partial charge in [-0.3, -0.25) is 4.79 Å². The van der Waals surface area contributed by atoms with E-state index in [9.17, 15) is 4.79 Å². The Kier molecular flexibility index (Phi) is 9.06. The van der Waals surface area contributed by atoms with Crippen molar-refractivity contribution in [2.24, 2.45) is 5.92 Å². The second-order valence-electron chi connectivity index (χ2n) is 5.33. The molecule has 1 amide bonds. The number of carbonyl (C=O) groups excluding carboxylic acids is 1. The van der Waals surface area contributed by atoms with Crippen molar-refractivity contribution in [3.05, 3.63) is 35.9 Å². The van der Waals surface area contributed by atoms with Crippen LogP contribution < -0.4 is 10.6 Å². The van der Waals surface area contributed by atoms with Crippen molar-refractivity contribution in [2.75, 3.05) is 26.2 Å². The highest BCUT2D eigenvalue weighted by molar-refractivity contribution is 5.85. The summed E-state index contributed by atoms with van der Waals surface area (Å²) >= 11 is 0. The Morgan fingerprint density at radius 2 is 2.14 bits per heavy atom. The van der Waals surface area contributed by atoms with E-state index in [1.54, 1.807) is 0 Å². The number of piperidine rings is 1. The number of benzene rings is 1. The van der Waals surface area contributed by atoms with Gasteiger partial charge in [0.25, 0.3) is 0 Å². The molecule has 5 heteroatoms. The molecule has 4 nitrogen and oxygen atoms in total. The average Bonchev–Trinajstić information content (AvgIpc) is 2.49. The van der Waals surface area contributed by atoms with Gasteiger partial charge in [-0.25, -0.2) is 0 Å². The number of hydrogen-bond donors (Lipinski definition) is 2. The zero-order valence-corrected chi connectivity index (χ0v) is 13.2. The SMILES string of the molecule is Cl.O=C(COCc1ccccc1)NCCC1CCCNC1. The highest BCUT2D eigenvalue weighted by atomic mass is 35.5. The van der Waals surface area contributed by atoms with Crippen molar-refractivity contribution in [1.82, 2.24) is 10.6 Å². The highest BCUT2D eigenvalue weighted by Gasteiger charge is 2.12. The van der Waals surface area contributed by atoms with E-state index < -0.39 is 0 Å². The van der Waals surface area contributed by atoms with Gasteiger partial charge in [-0.2, -0.15) is 0 Å². The van der Waals surface area contributed by atoms with Gasteiger partial charge in [0.1, 0.15) is 6.61 Å². The van der Waals surface area contributed by atoms with E-state index in [0.717, 1.165) is 31.6 Å². The second-order valence-corrected chi connectivity index (χ2v) is 5.33. The first-order valence-electron chi connectivity index (χ1n) is 7.43. The van der Waals surface area contributed by atoms with Crippen LogP contribution in [0, 0.1) is 5.92 Å². The number of hydrogen-bond acceptors (Lipinski definition) is 3. The van der Waals surface area contributed by atoms with Crippen LogP contribution in [0.5, 0.6) is 0 Å². The minimum atomic E-state index is -0.0234. The summed E-state index contributed by atoms with van der Waals surface area (Å²) in [5.41, 5.74) is 1.09. The molecule has 0 bridgehead atoms. The molecule has 2 rings (SSSR count). The van der Waals surface area contributed by atoms with Crippen molar-refractivity contribution >= 4 is 18.3 Å². The number of halogens is 1. The van der Waals surface area contributed by atoms with Gasteiger partial charge < -0.3 is 15.4 Å². The lowest BCUT2D eigenvalue weighted by atomic mass is 9.96. The van der Waals surface area contributed by atoms with Gasteiger partial charge in [0.15, 0.2) is 0 Å². The predicted octanol–water partition coefficient (Wildman–Crippen LogP) is 2.13. The molecule has 1 unspecified atom stereocenters. The largest absolute Gasteiger partial charge is 0.367 e. The van der Waals surface area contributed by atoms with Crippen LogP contribution in [0.25, 0.3) is 0 Å². The molecule has 1 aromatic rings. The molecule has 0 radical (unpaired) electrons. The van der Waals surface area contributed by atoms with Crippen LogP contribution in [0.3, 0.4) is 0 Å². The summed E-state index contributed by atoms with van der Waals surface area (Å²) in [4.78, 5) is 11.6. The van der Waals surface area contributed by atoms with Crippen LogP contribution >= 0.6 is 12.4 Å². The quantitative estimate of drug-likeness (QED) is 0.811.